The first-order valence-electron chi connectivity index (χ1n) is 7.10. The molecule has 0 aromatic heterocycles. The zero-order valence-corrected chi connectivity index (χ0v) is 12.5. The average Bonchev–Trinajstić information content (AvgIpc) is 2.83. The topological polar surface area (TPSA) is 83.8 Å². The number of alkyl halides is 3. The van der Waals surface area contributed by atoms with Crippen molar-refractivity contribution in [2.24, 2.45) is 0 Å². The Hall–Kier alpha value is -2.65. The van der Waals surface area contributed by atoms with E-state index in [0.717, 1.165) is 0 Å². The molecule has 0 atom stereocenters. The minimum atomic E-state index is -5.08. The van der Waals surface area contributed by atoms with E-state index in [1.165, 1.54) is 36.4 Å². The van der Waals surface area contributed by atoms with Crippen LogP contribution >= 0.6 is 0 Å². The van der Waals surface area contributed by atoms with E-state index in [-0.39, 0.29) is 22.4 Å². The first-order chi connectivity index (χ1) is 11.7. The molecule has 0 aliphatic heterocycles. The Bertz CT molecular complexity index is 877. The number of carbonyl (C=O) groups is 2. The van der Waals surface area contributed by atoms with Gasteiger partial charge in [-0.15, -0.1) is 0 Å². The molecule has 0 amide bonds. The first-order valence-corrected chi connectivity index (χ1v) is 7.10. The maximum atomic E-state index is 12.4. The van der Waals surface area contributed by atoms with Crippen molar-refractivity contribution in [2.75, 3.05) is 0 Å². The normalized spacial score (nSPS) is 12.6. The number of rotatable bonds is 3. The molecule has 0 saturated heterocycles. The predicted molar refractivity (Wildman–Crippen MR) is 81.0 cm³/mol. The number of hydrogen-bond acceptors (Lipinski definition) is 5. The minimum absolute atomic E-state index is 0.211. The van der Waals surface area contributed by atoms with E-state index in [9.17, 15) is 32.8 Å². The Morgan fingerprint density at radius 2 is 1.68 bits per heavy atom. The number of halogens is 3. The lowest BCUT2D eigenvalue weighted by atomic mass is 9.79. The van der Waals surface area contributed by atoms with Crippen molar-refractivity contribution in [3.8, 4) is 11.1 Å². The summed E-state index contributed by atoms with van der Waals surface area (Å²) in [4.78, 5) is 23.2. The molecule has 0 spiro atoms. The maximum absolute atomic E-state index is 12.4. The van der Waals surface area contributed by atoms with Crippen LogP contribution in [0.3, 0.4) is 0 Å². The molecule has 2 aromatic carbocycles. The number of hydrogen-bond donors (Lipinski definition) is 2. The third kappa shape index (κ3) is 3.15. The Labute approximate surface area is 139 Å². The molecule has 0 fully saturated rings. The average molecular weight is 350 g/mol. The largest absolute Gasteiger partial charge is 0.490 e. The van der Waals surface area contributed by atoms with Crippen molar-refractivity contribution in [2.45, 2.75) is 12.8 Å². The highest BCUT2D eigenvalue weighted by Crippen LogP contribution is 2.36. The standard InChI is InChI=1S/C16H10BF3O5/c18-16(19,20)15(22)25-7-8-1-3-10-12-6-9(17(23)24)2-4-11(12)14(21)13(10)5-8/h1-6,23-24H,7H2. The van der Waals surface area contributed by atoms with Crippen molar-refractivity contribution < 1.29 is 37.5 Å². The van der Waals surface area contributed by atoms with Gasteiger partial charge in [0.1, 0.15) is 6.61 Å². The summed E-state index contributed by atoms with van der Waals surface area (Å²) in [5.41, 5.74) is 2.07. The first kappa shape index (κ1) is 17.2. The van der Waals surface area contributed by atoms with E-state index >= 15 is 0 Å². The summed E-state index contributed by atoms with van der Waals surface area (Å²) in [6.45, 7) is -0.615. The highest BCUT2D eigenvalue weighted by atomic mass is 19.4. The second-order valence-electron chi connectivity index (χ2n) is 5.46. The van der Waals surface area contributed by atoms with Gasteiger partial charge in [-0.1, -0.05) is 30.3 Å². The molecule has 1 aliphatic rings. The lowest BCUT2D eigenvalue weighted by Crippen LogP contribution is -2.29. The van der Waals surface area contributed by atoms with Gasteiger partial charge in [-0.25, -0.2) is 4.79 Å². The summed E-state index contributed by atoms with van der Waals surface area (Å²) >= 11 is 0. The van der Waals surface area contributed by atoms with Crippen LogP contribution in [-0.2, 0) is 16.1 Å². The van der Waals surface area contributed by atoms with Gasteiger partial charge in [-0.05, 0) is 28.2 Å². The van der Waals surface area contributed by atoms with Crippen molar-refractivity contribution in [1.82, 2.24) is 0 Å². The molecule has 5 nitrogen and oxygen atoms in total. The predicted octanol–water partition coefficient (Wildman–Crippen LogP) is 1.18. The molecule has 2 N–H and O–H groups in total. The third-order valence-corrected chi connectivity index (χ3v) is 3.81. The van der Waals surface area contributed by atoms with E-state index < -0.39 is 25.9 Å². The van der Waals surface area contributed by atoms with Gasteiger partial charge in [0.05, 0.1) is 0 Å². The fourth-order valence-corrected chi connectivity index (χ4v) is 2.62. The molecule has 128 valence electrons. The number of fused-ring (bicyclic) bond motifs is 3. The second-order valence-corrected chi connectivity index (χ2v) is 5.46. The lowest BCUT2D eigenvalue weighted by Gasteiger charge is -2.08. The molecular formula is C16H10BF3O5. The highest BCUT2D eigenvalue weighted by molar-refractivity contribution is 6.58. The van der Waals surface area contributed by atoms with Gasteiger partial charge in [-0.2, -0.15) is 13.2 Å². The Balaban J connectivity index is 1.89. The van der Waals surface area contributed by atoms with Crippen molar-refractivity contribution in [3.05, 3.63) is 53.1 Å². The maximum Gasteiger partial charge on any atom is 0.490 e. The summed E-state index contributed by atoms with van der Waals surface area (Å²) in [7, 11) is -1.69. The van der Waals surface area contributed by atoms with Crippen LogP contribution in [0, 0.1) is 0 Å². The van der Waals surface area contributed by atoms with E-state index in [2.05, 4.69) is 4.74 Å². The molecule has 2 aromatic rings. The number of benzene rings is 2. The number of esters is 1. The van der Waals surface area contributed by atoms with Crippen molar-refractivity contribution >= 4 is 24.3 Å². The molecule has 0 radical (unpaired) electrons. The van der Waals surface area contributed by atoms with Gasteiger partial charge in [0.15, 0.2) is 5.78 Å². The van der Waals surface area contributed by atoms with Gasteiger partial charge in [-0.3, -0.25) is 4.79 Å². The van der Waals surface area contributed by atoms with Gasteiger partial charge < -0.3 is 14.8 Å². The van der Waals surface area contributed by atoms with Gasteiger partial charge in [0.25, 0.3) is 0 Å². The molecule has 3 rings (SSSR count). The van der Waals surface area contributed by atoms with Crippen LogP contribution in [0.2, 0.25) is 0 Å². The molecule has 0 bridgehead atoms. The summed E-state index contributed by atoms with van der Waals surface area (Å²) in [5.74, 6) is -2.64. The monoisotopic (exact) mass is 350 g/mol. The zero-order valence-electron chi connectivity index (χ0n) is 12.5. The summed E-state index contributed by atoms with van der Waals surface area (Å²) < 4.78 is 40.6. The van der Waals surface area contributed by atoms with Crippen LogP contribution in [0.15, 0.2) is 36.4 Å². The van der Waals surface area contributed by atoms with Crippen LogP contribution in [-0.4, -0.2) is 35.1 Å². The van der Waals surface area contributed by atoms with E-state index in [4.69, 9.17) is 0 Å². The summed E-state index contributed by atoms with van der Waals surface area (Å²) in [5, 5.41) is 18.5. The minimum Gasteiger partial charge on any atom is -0.454 e. The SMILES string of the molecule is O=C1c2cc(COC(=O)C(F)(F)F)ccc2-c2cc(B(O)O)ccc21. The third-order valence-electron chi connectivity index (χ3n) is 3.81. The molecule has 1 aliphatic carbocycles. The Morgan fingerprint density at radius 3 is 2.32 bits per heavy atom. The van der Waals surface area contributed by atoms with E-state index in [1.54, 1.807) is 0 Å². The van der Waals surface area contributed by atoms with Crippen LogP contribution < -0.4 is 5.46 Å². The fourth-order valence-electron chi connectivity index (χ4n) is 2.62. The Morgan fingerprint density at radius 1 is 1.00 bits per heavy atom. The Kier molecular flexibility index (Phi) is 4.13. The van der Waals surface area contributed by atoms with E-state index in [0.29, 0.717) is 16.7 Å². The number of ether oxygens (including phenoxy) is 1. The highest BCUT2D eigenvalue weighted by Gasteiger charge is 2.41. The van der Waals surface area contributed by atoms with E-state index in [1.807, 2.05) is 0 Å². The van der Waals surface area contributed by atoms with Crippen molar-refractivity contribution in [1.29, 1.82) is 0 Å². The molecular weight excluding hydrogens is 340 g/mol. The van der Waals surface area contributed by atoms with Crippen molar-refractivity contribution in [3.63, 3.8) is 0 Å². The number of ketones is 1. The van der Waals surface area contributed by atoms with Crippen LogP contribution in [0.25, 0.3) is 11.1 Å². The molecule has 0 heterocycles. The second kappa shape index (κ2) is 6.01. The van der Waals surface area contributed by atoms with Crippen LogP contribution in [0.5, 0.6) is 0 Å². The molecule has 25 heavy (non-hydrogen) atoms. The van der Waals surface area contributed by atoms with Crippen LogP contribution in [0.1, 0.15) is 21.5 Å². The van der Waals surface area contributed by atoms with Gasteiger partial charge >= 0.3 is 19.3 Å². The lowest BCUT2D eigenvalue weighted by molar-refractivity contribution is -0.201. The summed E-state index contributed by atoms with van der Waals surface area (Å²) in [6, 6.07) is 8.63. The van der Waals surface area contributed by atoms with Crippen LogP contribution in [0.4, 0.5) is 13.2 Å². The molecule has 0 unspecified atom stereocenters. The fraction of sp³-hybridized carbons (Fsp3) is 0.125. The smallest absolute Gasteiger partial charge is 0.454 e. The molecule has 9 heteroatoms. The molecule has 0 saturated carbocycles. The number of carbonyl (C=O) groups excluding carboxylic acids is 2. The van der Waals surface area contributed by atoms with Gasteiger partial charge in [0, 0.05) is 11.1 Å². The van der Waals surface area contributed by atoms with Gasteiger partial charge in [0.2, 0.25) is 0 Å². The summed E-state index contributed by atoms with van der Waals surface area (Å²) in [6.07, 6.45) is -5.08. The zero-order chi connectivity index (χ0) is 18.4. The quantitative estimate of drug-likeness (QED) is 0.548.